The van der Waals surface area contributed by atoms with E-state index < -0.39 is 0 Å². The smallest absolute Gasteiger partial charge is 0.261 e. The third kappa shape index (κ3) is 2.57. The van der Waals surface area contributed by atoms with Crippen molar-refractivity contribution in [2.75, 3.05) is 0 Å². The van der Waals surface area contributed by atoms with Gasteiger partial charge in [-0.25, -0.2) is 0 Å². The average molecular weight is 265 g/mol. The van der Waals surface area contributed by atoms with Crippen molar-refractivity contribution >= 4 is 5.91 Å². The highest BCUT2D eigenvalue weighted by atomic mass is 16.3. The second kappa shape index (κ2) is 5.61. The lowest BCUT2D eigenvalue weighted by Crippen LogP contribution is -2.19. The van der Waals surface area contributed by atoms with Gasteiger partial charge in [0, 0.05) is 23.9 Å². The van der Waals surface area contributed by atoms with E-state index in [0.717, 1.165) is 12.2 Å². The van der Waals surface area contributed by atoms with Crippen LogP contribution in [0, 0.1) is 0 Å². The van der Waals surface area contributed by atoms with Gasteiger partial charge in [-0.05, 0) is 30.7 Å². The second-order valence-corrected chi connectivity index (χ2v) is 4.66. The normalized spacial score (nSPS) is 18.0. The van der Waals surface area contributed by atoms with Crippen LogP contribution < -0.4 is 0 Å². The molecule has 1 aliphatic heterocycles. The van der Waals surface area contributed by atoms with Gasteiger partial charge in [0.25, 0.3) is 5.91 Å². The monoisotopic (exact) mass is 265 g/mol. The fraction of sp³-hybridized carbons (Fsp3) is 0.118. The molecule has 0 aliphatic carbocycles. The Hall–Kier alpha value is -2.55. The predicted molar refractivity (Wildman–Crippen MR) is 77.0 cm³/mol. The van der Waals surface area contributed by atoms with Gasteiger partial charge < -0.3 is 4.42 Å². The number of nitrogens with zero attached hydrogens (tertiary/aromatic N) is 1. The molecule has 1 aromatic heterocycles. The van der Waals surface area contributed by atoms with Gasteiger partial charge in [0.05, 0.1) is 6.26 Å². The highest BCUT2D eigenvalue weighted by Crippen LogP contribution is 2.25. The molecule has 2 heterocycles. The third-order valence-corrected chi connectivity index (χ3v) is 3.30. The van der Waals surface area contributed by atoms with Crippen molar-refractivity contribution in [3.8, 4) is 0 Å². The van der Waals surface area contributed by atoms with Crippen LogP contribution in [0.5, 0.6) is 0 Å². The van der Waals surface area contributed by atoms with E-state index in [1.54, 1.807) is 11.2 Å². The Morgan fingerprint density at radius 3 is 2.70 bits per heavy atom. The van der Waals surface area contributed by atoms with Crippen LogP contribution >= 0.6 is 0 Å². The number of hydrogen-bond donors (Lipinski definition) is 0. The van der Waals surface area contributed by atoms with Crippen molar-refractivity contribution in [1.29, 1.82) is 0 Å². The first kappa shape index (κ1) is 12.5. The summed E-state index contributed by atoms with van der Waals surface area (Å²) in [6.07, 6.45) is 10.1. The fourth-order valence-corrected chi connectivity index (χ4v) is 2.22. The van der Waals surface area contributed by atoms with Crippen molar-refractivity contribution < 1.29 is 9.21 Å². The molecule has 3 nitrogen and oxygen atoms in total. The number of rotatable bonds is 2. The van der Waals surface area contributed by atoms with Gasteiger partial charge in [-0.1, -0.05) is 30.4 Å². The summed E-state index contributed by atoms with van der Waals surface area (Å²) in [5, 5.41) is 0. The third-order valence-electron chi connectivity index (χ3n) is 3.30. The zero-order valence-electron chi connectivity index (χ0n) is 11.0. The van der Waals surface area contributed by atoms with Crippen LogP contribution in [0.25, 0.3) is 0 Å². The van der Waals surface area contributed by atoms with Crippen molar-refractivity contribution in [2.45, 2.75) is 12.3 Å². The molecule has 20 heavy (non-hydrogen) atoms. The van der Waals surface area contributed by atoms with Crippen molar-refractivity contribution in [2.24, 2.45) is 0 Å². The summed E-state index contributed by atoms with van der Waals surface area (Å²) in [7, 11) is 0. The molecule has 1 aliphatic rings. The Morgan fingerprint density at radius 1 is 1.10 bits per heavy atom. The van der Waals surface area contributed by atoms with Gasteiger partial charge in [0.1, 0.15) is 5.76 Å². The van der Waals surface area contributed by atoms with Crippen LogP contribution in [0.1, 0.15) is 28.5 Å². The minimum atomic E-state index is -0.0294. The Labute approximate surface area is 117 Å². The fourth-order valence-electron chi connectivity index (χ4n) is 2.22. The van der Waals surface area contributed by atoms with Gasteiger partial charge in [-0.2, -0.15) is 0 Å². The summed E-state index contributed by atoms with van der Waals surface area (Å²) >= 11 is 0. The minimum Gasteiger partial charge on any atom is -0.469 e. The first-order valence-corrected chi connectivity index (χ1v) is 6.61. The zero-order valence-corrected chi connectivity index (χ0v) is 11.0. The number of hydrogen-bond acceptors (Lipinski definition) is 2. The van der Waals surface area contributed by atoms with E-state index in [-0.39, 0.29) is 11.8 Å². The molecule has 0 N–H and O–H groups in total. The molecule has 2 aromatic rings. The zero-order chi connectivity index (χ0) is 13.8. The molecule has 0 spiro atoms. The van der Waals surface area contributed by atoms with Crippen LogP contribution in [0.15, 0.2) is 77.7 Å². The average Bonchev–Trinajstić information content (AvgIpc) is 2.92. The van der Waals surface area contributed by atoms with Crippen LogP contribution in [0.2, 0.25) is 0 Å². The molecule has 1 aromatic carbocycles. The second-order valence-electron chi connectivity index (χ2n) is 4.66. The summed E-state index contributed by atoms with van der Waals surface area (Å²) in [5.41, 5.74) is 0.679. The maximum atomic E-state index is 12.3. The molecular formula is C17H15NO2. The van der Waals surface area contributed by atoms with Gasteiger partial charge in [-0.3, -0.25) is 9.69 Å². The lowest BCUT2D eigenvalue weighted by molar-refractivity contribution is 0.0869. The standard InChI is InChI=1S/C17H15NO2/c19-17(15-6-2-1-3-7-15)18-11-4-8-14(10-12-18)16-9-5-13-20-16/h1-7,9-14H,8H2. The summed E-state index contributed by atoms with van der Waals surface area (Å²) in [6.45, 7) is 0. The first-order chi connectivity index (χ1) is 9.84. The molecule has 0 fully saturated rings. The SMILES string of the molecule is O=C(c1ccccc1)N1C=CCC(c2ccco2)C=C1. The van der Waals surface area contributed by atoms with Crippen molar-refractivity contribution in [1.82, 2.24) is 4.90 Å². The molecular weight excluding hydrogens is 250 g/mol. The number of carbonyl (C=O) groups is 1. The lowest BCUT2D eigenvalue weighted by atomic mass is 10.0. The summed E-state index contributed by atoms with van der Waals surface area (Å²) in [5.74, 6) is 1.06. The lowest BCUT2D eigenvalue weighted by Gasteiger charge is -2.12. The van der Waals surface area contributed by atoms with E-state index in [1.807, 2.05) is 67.0 Å². The van der Waals surface area contributed by atoms with Crippen molar-refractivity contribution in [3.05, 3.63) is 84.6 Å². The molecule has 3 rings (SSSR count). The van der Waals surface area contributed by atoms with Gasteiger partial charge in [0.15, 0.2) is 0 Å². The summed E-state index contributed by atoms with van der Waals surface area (Å²) < 4.78 is 5.42. The minimum absolute atomic E-state index is 0.0294. The first-order valence-electron chi connectivity index (χ1n) is 6.61. The van der Waals surface area contributed by atoms with Gasteiger partial charge in [-0.15, -0.1) is 0 Å². The molecule has 1 amide bonds. The van der Waals surface area contributed by atoms with Crippen LogP contribution in [-0.2, 0) is 0 Å². The van der Waals surface area contributed by atoms with Crippen LogP contribution in [0.4, 0.5) is 0 Å². The summed E-state index contributed by atoms with van der Waals surface area (Å²) in [6, 6.07) is 13.1. The molecule has 100 valence electrons. The number of amides is 1. The maximum absolute atomic E-state index is 12.3. The largest absolute Gasteiger partial charge is 0.469 e. The molecule has 3 heteroatoms. The molecule has 1 unspecified atom stereocenters. The number of carbonyl (C=O) groups excluding carboxylic acids is 1. The maximum Gasteiger partial charge on any atom is 0.261 e. The highest BCUT2D eigenvalue weighted by Gasteiger charge is 2.16. The number of allylic oxidation sites excluding steroid dienone is 2. The molecule has 0 bridgehead atoms. The Bertz CT molecular complexity index is 626. The van der Waals surface area contributed by atoms with Gasteiger partial charge in [0.2, 0.25) is 0 Å². The Balaban J connectivity index is 1.79. The van der Waals surface area contributed by atoms with E-state index in [9.17, 15) is 4.79 Å². The van der Waals surface area contributed by atoms with Crippen LogP contribution in [0.3, 0.4) is 0 Å². The van der Waals surface area contributed by atoms with Crippen molar-refractivity contribution in [3.63, 3.8) is 0 Å². The molecule has 1 atom stereocenters. The Kier molecular flexibility index (Phi) is 3.50. The topological polar surface area (TPSA) is 33.5 Å². The van der Waals surface area contributed by atoms with Gasteiger partial charge >= 0.3 is 0 Å². The van der Waals surface area contributed by atoms with E-state index in [4.69, 9.17) is 4.42 Å². The summed E-state index contributed by atoms with van der Waals surface area (Å²) in [4.78, 5) is 14.0. The van der Waals surface area contributed by atoms with E-state index in [1.165, 1.54) is 0 Å². The van der Waals surface area contributed by atoms with E-state index in [0.29, 0.717) is 5.56 Å². The van der Waals surface area contributed by atoms with E-state index >= 15 is 0 Å². The molecule has 0 saturated heterocycles. The van der Waals surface area contributed by atoms with E-state index in [2.05, 4.69) is 0 Å². The number of furan rings is 1. The quantitative estimate of drug-likeness (QED) is 0.824. The van der Waals surface area contributed by atoms with Crippen LogP contribution in [-0.4, -0.2) is 10.8 Å². The Morgan fingerprint density at radius 2 is 1.95 bits per heavy atom. The molecule has 0 radical (unpaired) electrons. The molecule has 0 saturated carbocycles. The highest BCUT2D eigenvalue weighted by molar-refractivity contribution is 5.95. The number of benzene rings is 1. The predicted octanol–water partition coefficient (Wildman–Crippen LogP) is 3.94.